The van der Waals surface area contributed by atoms with E-state index in [1.54, 1.807) is 20.1 Å². The van der Waals surface area contributed by atoms with Crippen LogP contribution in [0.2, 0.25) is 0 Å². The second kappa shape index (κ2) is 10.5. The van der Waals surface area contributed by atoms with Gasteiger partial charge in [0.25, 0.3) is 0 Å². The van der Waals surface area contributed by atoms with Crippen molar-refractivity contribution < 1.29 is 14.3 Å². The van der Waals surface area contributed by atoms with E-state index in [2.05, 4.69) is 24.5 Å². The van der Waals surface area contributed by atoms with Crippen LogP contribution in [-0.2, 0) is 9.59 Å². The number of benzene rings is 1. The first kappa shape index (κ1) is 19.7. The maximum absolute atomic E-state index is 11.9. The molecule has 5 heteroatoms. The Morgan fingerprint density at radius 2 is 1.83 bits per heavy atom. The van der Waals surface area contributed by atoms with Crippen LogP contribution >= 0.6 is 0 Å². The number of hydrogen-bond acceptors (Lipinski definition) is 3. The van der Waals surface area contributed by atoms with Gasteiger partial charge in [-0.15, -0.1) is 0 Å². The molecular weight excluding hydrogens is 304 g/mol. The molecule has 2 amide bonds. The highest BCUT2D eigenvalue weighted by molar-refractivity contribution is 5.95. The summed E-state index contributed by atoms with van der Waals surface area (Å²) in [6.45, 7) is 6.62. The Kier molecular flexibility index (Phi) is 8.61. The van der Waals surface area contributed by atoms with Crippen molar-refractivity contribution in [2.45, 2.75) is 39.7 Å². The zero-order valence-corrected chi connectivity index (χ0v) is 15.0. The van der Waals surface area contributed by atoms with Crippen LogP contribution in [-0.4, -0.2) is 31.5 Å². The summed E-state index contributed by atoms with van der Waals surface area (Å²) in [5, 5.41) is 5.50. The first-order valence-electron chi connectivity index (χ1n) is 8.32. The van der Waals surface area contributed by atoms with Crippen LogP contribution in [0.5, 0.6) is 5.75 Å². The SMILES string of the molecule is COc1ccc(/C=C/C(=O)NC(C)C(=O)NCCCC(C)C)cc1. The smallest absolute Gasteiger partial charge is 0.244 e. The van der Waals surface area contributed by atoms with Gasteiger partial charge in [0.1, 0.15) is 11.8 Å². The number of carbonyl (C=O) groups excluding carboxylic acids is 2. The molecule has 1 aromatic carbocycles. The lowest BCUT2D eigenvalue weighted by Gasteiger charge is -2.13. The molecule has 0 fully saturated rings. The van der Waals surface area contributed by atoms with Gasteiger partial charge in [-0.1, -0.05) is 26.0 Å². The molecule has 0 aliphatic heterocycles. The van der Waals surface area contributed by atoms with Crippen LogP contribution < -0.4 is 15.4 Å². The highest BCUT2D eigenvalue weighted by Gasteiger charge is 2.13. The third kappa shape index (κ3) is 7.81. The standard InChI is InChI=1S/C19H28N2O3/c1-14(2)6-5-13-20-19(23)15(3)21-18(22)12-9-16-7-10-17(24-4)11-8-16/h7-12,14-15H,5-6,13H2,1-4H3,(H,20,23)(H,21,22)/b12-9+. The summed E-state index contributed by atoms with van der Waals surface area (Å²) >= 11 is 0. The largest absolute Gasteiger partial charge is 0.497 e. The maximum Gasteiger partial charge on any atom is 0.244 e. The number of ether oxygens (including phenoxy) is 1. The van der Waals surface area contributed by atoms with Crippen LogP contribution in [0.1, 0.15) is 39.2 Å². The van der Waals surface area contributed by atoms with E-state index in [4.69, 9.17) is 4.74 Å². The molecule has 1 aromatic rings. The zero-order valence-electron chi connectivity index (χ0n) is 15.0. The zero-order chi connectivity index (χ0) is 17.9. The lowest BCUT2D eigenvalue weighted by atomic mass is 10.1. The van der Waals surface area contributed by atoms with Gasteiger partial charge < -0.3 is 15.4 Å². The van der Waals surface area contributed by atoms with Gasteiger partial charge >= 0.3 is 0 Å². The molecule has 24 heavy (non-hydrogen) atoms. The Morgan fingerprint density at radius 1 is 1.17 bits per heavy atom. The van der Waals surface area contributed by atoms with Gasteiger partial charge in [-0.2, -0.15) is 0 Å². The second-order valence-corrected chi connectivity index (χ2v) is 6.16. The lowest BCUT2D eigenvalue weighted by molar-refractivity contribution is -0.126. The first-order chi connectivity index (χ1) is 11.4. The molecule has 5 nitrogen and oxygen atoms in total. The van der Waals surface area contributed by atoms with Crippen molar-refractivity contribution >= 4 is 17.9 Å². The molecule has 0 aliphatic rings. The van der Waals surface area contributed by atoms with Crippen molar-refractivity contribution in [3.8, 4) is 5.75 Å². The van der Waals surface area contributed by atoms with E-state index >= 15 is 0 Å². The van der Waals surface area contributed by atoms with Crippen molar-refractivity contribution in [1.82, 2.24) is 10.6 Å². The molecule has 0 heterocycles. The minimum Gasteiger partial charge on any atom is -0.497 e. The number of nitrogens with one attached hydrogen (secondary N) is 2. The highest BCUT2D eigenvalue weighted by atomic mass is 16.5. The topological polar surface area (TPSA) is 67.4 Å². The summed E-state index contributed by atoms with van der Waals surface area (Å²) in [7, 11) is 1.60. The molecule has 1 unspecified atom stereocenters. The third-order valence-corrected chi connectivity index (χ3v) is 3.55. The van der Waals surface area contributed by atoms with Gasteiger partial charge in [-0.25, -0.2) is 0 Å². The van der Waals surface area contributed by atoms with E-state index in [1.165, 1.54) is 6.08 Å². The van der Waals surface area contributed by atoms with E-state index < -0.39 is 6.04 Å². The Bertz CT molecular complexity index is 550. The highest BCUT2D eigenvalue weighted by Crippen LogP contribution is 2.12. The minimum absolute atomic E-state index is 0.162. The predicted molar refractivity (Wildman–Crippen MR) is 96.7 cm³/mol. The second-order valence-electron chi connectivity index (χ2n) is 6.16. The van der Waals surface area contributed by atoms with E-state index in [9.17, 15) is 9.59 Å². The summed E-state index contributed by atoms with van der Waals surface area (Å²) in [4.78, 5) is 23.8. The lowest BCUT2D eigenvalue weighted by Crippen LogP contribution is -2.44. The van der Waals surface area contributed by atoms with Crippen LogP contribution in [0.4, 0.5) is 0 Å². The number of amides is 2. The predicted octanol–water partition coefficient (Wildman–Crippen LogP) is 2.77. The van der Waals surface area contributed by atoms with Crippen molar-refractivity contribution in [1.29, 1.82) is 0 Å². The Hall–Kier alpha value is -2.30. The van der Waals surface area contributed by atoms with Crippen LogP contribution in [0, 0.1) is 5.92 Å². The average Bonchev–Trinajstić information content (AvgIpc) is 2.56. The van der Waals surface area contributed by atoms with Gasteiger partial charge in [0, 0.05) is 12.6 Å². The molecule has 0 radical (unpaired) electrons. The number of methoxy groups -OCH3 is 1. The number of rotatable bonds is 9. The number of carbonyl (C=O) groups is 2. The fraction of sp³-hybridized carbons (Fsp3) is 0.474. The van der Waals surface area contributed by atoms with E-state index in [0.29, 0.717) is 12.5 Å². The van der Waals surface area contributed by atoms with Gasteiger partial charge in [0.15, 0.2) is 0 Å². The van der Waals surface area contributed by atoms with E-state index in [1.807, 2.05) is 24.3 Å². The van der Waals surface area contributed by atoms with Gasteiger partial charge in [-0.05, 0) is 49.5 Å². The fourth-order valence-corrected chi connectivity index (χ4v) is 2.09. The quantitative estimate of drug-likeness (QED) is 0.540. The van der Waals surface area contributed by atoms with Gasteiger partial charge in [-0.3, -0.25) is 9.59 Å². The molecule has 0 spiro atoms. The molecule has 1 atom stereocenters. The van der Waals surface area contributed by atoms with E-state index in [-0.39, 0.29) is 11.8 Å². The van der Waals surface area contributed by atoms with Gasteiger partial charge in [0.05, 0.1) is 7.11 Å². The van der Waals surface area contributed by atoms with Gasteiger partial charge in [0.2, 0.25) is 11.8 Å². The average molecular weight is 332 g/mol. The van der Waals surface area contributed by atoms with Crippen molar-refractivity contribution in [3.63, 3.8) is 0 Å². The molecule has 0 saturated carbocycles. The summed E-state index contributed by atoms with van der Waals surface area (Å²) in [6.07, 6.45) is 5.14. The van der Waals surface area contributed by atoms with E-state index in [0.717, 1.165) is 24.2 Å². The monoisotopic (exact) mass is 332 g/mol. The van der Waals surface area contributed by atoms with Crippen LogP contribution in [0.3, 0.4) is 0 Å². The molecule has 0 aromatic heterocycles. The fourth-order valence-electron chi connectivity index (χ4n) is 2.09. The van der Waals surface area contributed by atoms with Crippen molar-refractivity contribution in [2.75, 3.05) is 13.7 Å². The summed E-state index contributed by atoms with van der Waals surface area (Å²) in [5.74, 6) is 0.932. The molecule has 2 N–H and O–H groups in total. The molecule has 132 valence electrons. The minimum atomic E-state index is -0.558. The third-order valence-electron chi connectivity index (χ3n) is 3.55. The molecule has 0 saturated heterocycles. The Balaban J connectivity index is 2.36. The summed E-state index contributed by atoms with van der Waals surface area (Å²) in [5.41, 5.74) is 0.886. The Labute approximate surface area is 144 Å². The molecule has 0 bridgehead atoms. The molecule has 1 rings (SSSR count). The number of hydrogen-bond donors (Lipinski definition) is 2. The van der Waals surface area contributed by atoms with Crippen LogP contribution in [0.25, 0.3) is 6.08 Å². The summed E-state index contributed by atoms with van der Waals surface area (Å²) in [6, 6.07) is 6.80. The molecule has 0 aliphatic carbocycles. The van der Waals surface area contributed by atoms with Crippen molar-refractivity contribution in [3.05, 3.63) is 35.9 Å². The normalized spacial score (nSPS) is 12.2. The Morgan fingerprint density at radius 3 is 2.42 bits per heavy atom. The molecular formula is C19H28N2O3. The van der Waals surface area contributed by atoms with Crippen molar-refractivity contribution in [2.24, 2.45) is 5.92 Å². The first-order valence-corrected chi connectivity index (χ1v) is 8.32. The maximum atomic E-state index is 11.9. The summed E-state index contributed by atoms with van der Waals surface area (Å²) < 4.78 is 5.08. The van der Waals surface area contributed by atoms with Crippen LogP contribution in [0.15, 0.2) is 30.3 Å².